The van der Waals surface area contributed by atoms with E-state index >= 15 is 0 Å². The van der Waals surface area contributed by atoms with Crippen molar-refractivity contribution in [3.63, 3.8) is 0 Å². The molecule has 7 nitrogen and oxygen atoms in total. The van der Waals surface area contributed by atoms with E-state index in [1.807, 2.05) is 53.1 Å². The molecule has 2 heterocycles. The number of methoxy groups -OCH3 is 1. The molecule has 9 heteroatoms. The van der Waals surface area contributed by atoms with Gasteiger partial charge in [0.15, 0.2) is 11.0 Å². The highest BCUT2D eigenvalue weighted by atomic mass is 35.5. The number of hydrogen-bond donors (Lipinski definition) is 0. The van der Waals surface area contributed by atoms with Gasteiger partial charge < -0.3 is 13.7 Å². The predicted molar refractivity (Wildman–Crippen MR) is 112 cm³/mol. The third kappa shape index (κ3) is 4.13. The standard InChI is InChI=1S/C20H18ClN5O2S/c1-3-26-18(13-8-10-14(21)11-9-13)23-25-20(26)29-12-17-22-24-19(28-17)15-6-4-5-7-16(15)27-2/h4-11H,3,12H2,1-2H3. The van der Waals surface area contributed by atoms with Gasteiger partial charge in [-0.3, -0.25) is 0 Å². The zero-order valence-electron chi connectivity index (χ0n) is 15.9. The van der Waals surface area contributed by atoms with Gasteiger partial charge in [-0.05, 0) is 43.3 Å². The summed E-state index contributed by atoms with van der Waals surface area (Å²) in [4.78, 5) is 0. The zero-order chi connectivity index (χ0) is 20.2. The molecule has 4 aromatic rings. The summed E-state index contributed by atoms with van der Waals surface area (Å²) in [5.74, 6) is 2.91. The maximum atomic E-state index is 5.98. The summed E-state index contributed by atoms with van der Waals surface area (Å²) in [5, 5.41) is 18.4. The van der Waals surface area contributed by atoms with E-state index in [4.69, 9.17) is 20.8 Å². The minimum Gasteiger partial charge on any atom is -0.496 e. The molecule has 2 aromatic heterocycles. The molecular formula is C20H18ClN5O2S. The molecule has 0 fully saturated rings. The molecule has 0 spiro atoms. The van der Waals surface area contributed by atoms with Crippen LogP contribution in [0.1, 0.15) is 12.8 Å². The smallest absolute Gasteiger partial charge is 0.251 e. The predicted octanol–water partition coefficient (Wildman–Crippen LogP) is 4.97. The van der Waals surface area contributed by atoms with Crippen molar-refractivity contribution in [2.24, 2.45) is 0 Å². The fourth-order valence-corrected chi connectivity index (χ4v) is 3.83. The molecule has 0 saturated heterocycles. The van der Waals surface area contributed by atoms with Gasteiger partial charge in [-0.15, -0.1) is 20.4 Å². The minimum atomic E-state index is 0.428. The first-order valence-electron chi connectivity index (χ1n) is 8.97. The van der Waals surface area contributed by atoms with Crippen LogP contribution in [0.25, 0.3) is 22.8 Å². The molecule has 4 rings (SSSR count). The Hall–Kier alpha value is -2.84. The molecule has 0 bridgehead atoms. The number of benzene rings is 2. The van der Waals surface area contributed by atoms with E-state index in [0.29, 0.717) is 28.3 Å². The van der Waals surface area contributed by atoms with Gasteiger partial charge in [0.2, 0.25) is 5.89 Å². The topological polar surface area (TPSA) is 78.9 Å². The van der Waals surface area contributed by atoms with Crippen molar-refractivity contribution >= 4 is 23.4 Å². The van der Waals surface area contributed by atoms with Crippen molar-refractivity contribution < 1.29 is 9.15 Å². The molecule has 0 N–H and O–H groups in total. The second kappa shape index (κ2) is 8.67. The van der Waals surface area contributed by atoms with Crippen LogP contribution in [0.5, 0.6) is 5.75 Å². The van der Waals surface area contributed by atoms with Gasteiger partial charge in [-0.25, -0.2) is 0 Å². The second-order valence-corrected chi connectivity index (χ2v) is 7.43. The molecule has 0 unspecified atom stereocenters. The number of nitrogens with zero attached hydrogens (tertiary/aromatic N) is 5. The molecule has 29 heavy (non-hydrogen) atoms. The number of para-hydroxylation sites is 1. The van der Waals surface area contributed by atoms with Crippen molar-refractivity contribution in [3.8, 4) is 28.6 Å². The highest BCUT2D eigenvalue weighted by Crippen LogP contribution is 2.30. The van der Waals surface area contributed by atoms with E-state index in [-0.39, 0.29) is 0 Å². The van der Waals surface area contributed by atoms with Gasteiger partial charge >= 0.3 is 0 Å². The molecule has 0 aliphatic rings. The Kier molecular flexibility index (Phi) is 5.82. The van der Waals surface area contributed by atoms with Crippen molar-refractivity contribution in [3.05, 3.63) is 59.4 Å². The first-order chi connectivity index (χ1) is 14.2. The summed E-state index contributed by atoms with van der Waals surface area (Å²) in [7, 11) is 1.61. The Morgan fingerprint density at radius 1 is 1.03 bits per heavy atom. The largest absolute Gasteiger partial charge is 0.496 e. The number of halogens is 1. The third-order valence-electron chi connectivity index (χ3n) is 4.26. The minimum absolute atomic E-state index is 0.428. The number of aromatic nitrogens is 5. The van der Waals surface area contributed by atoms with Crippen LogP contribution in [-0.2, 0) is 12.3 Å². The summed E-state index contributed by atoms with van der Waals surface area (Å²) in [5.41, 5.74) is 1.73. The molecule has 0 radical (unpaired) electrons. The SMILES string of the molecule is CCn1c(SCc2nnc(-c3ccccc3OC)o2)nnc1-c1ccc(Cl)cc1. The molecule has 0 saturated carbocycles. The first-order valence-corrected chi connectivity index (χ1v) is 10.3. The monoisotopic (exact) mass is 427 g/mol. The first kappa shape index (κ1) is 19.5. The van der Waals surface area contributed by atoms with Crippen LogP contribution in [0.2, 0.25) is 5.02 Å². The molecule has 0 aliphatic heterocycles. The Labute approximate surface area is 177 Å². The second-order valence-electron chi connectivity index (χ2n) is 6.05. The van der Waals surface area contributed by atoms with Crippen molar-refractivity contribution in [1.29, 1.82) is 0 Å². The van der Waals surface area contributed by atoms with E-state index in [1.165, 1.54) is 11.8 Å². The maximum absolute atomic E-state index is 5.98. The van der Waals surface area contributed by atoms with Gasteiger partial charge in [0.05, 0.1) is 18.4 Å². The number of hydrogen-bond acceptors (Lipinski definition) is 7. The fraction of sp³-hybridized carbons (Fsp3) is 0.200. The average Bonchev–Trinajstić information content (AvgIpc) is 3.39. The molecule has 2 aromatic carbocycles. The lowest BCUT2D eigenvalue weighted by molar-refractivity contribution is 0.414. The third-order valence-corrected chi connectivity index (χ3v) is 5.47. The van der Waals surface area contributed by atoms with E-state index in [1.54, 1.807) is 7.11 Å². The van der Waals surface area contributed by atoms with Crippen molar-refractivity contribution in [2.75, 3.05) is 7.11 Å². The van der Waals surface area contributed by atoms with Crippen LogP contribution in [-0.4, -0.2) is 32.1 Å². The van der Waals surface area contributed by atoms with Gasteiger partial charge in [0, 0.05) is 17.1 Å². The van der Waals surface area contributed by atoms with E-state index in [0.717, 1.165) is 28.7 Å². The van der Waals surface area contributed by atoms with Gasteiger partial charge in [0.25, 0.3) is 5.89 Å². The van der Waals surface area contributed by atoms with Crippen molar-refractivity contribution in [2.45, 2.75) is 24.4 Å². The maximum Gasteiger partial charge on any atom is 0.251 e. The molecule has 0 atom stereocenters. The lowest BCUT2D eigenvalue weighted by Crippen LogP contribution is -1.99. The molecule has 0 amide bonds. The van der Waals surface area contributed by atoms with E-state index < -0.39 is 0 Å². The van der Waals surface area contributed by atoms with Crippen LogP contribution < -0.4 is 4.74 Å². The molecule has 0 aliphatic carbocycles. The summed E-state index contributed by atoms with van der Waals surface area (Å²) in [6.07, 6.45) is 0. The number of ether oxygens (including phenoxy) is 1. The van der Waals surface area contributed by atoms with Gasteiger partial charge in [-0.1, -0.05) is 35.5 Å². The number of rotatable bonds is 7. The molecular weight excluding hydrogens is 410 g/mol. The fourth-order valence-electron chi connectivity index (χ4n) is 2.86. The summed E-state index contributed by atoms with van der Waals surface area (Å²) in [6, 6.07) is 15.1. The molecule has 148 valence electrons. The highest BCUT2D eigenvalue weighted by molar-refractivity contribution is 7.98. The van der Waals surface area contributed by atoms with Crippen LogP contribution in [0.4, 0.5) is 0 Å². The Morgan fingerprint density at radius 3 is 2.59 bits per heavy atom. The summed E-state index contributed by atoms with van der Waals surface area (Å²) < 4.78 is 13.2. The lowest BCUT2D eigenvalue weighted by Gasteiger charge is -2.06. The van der Waals surface area contributed by atoms with Crippen LogP contribution in [0.15, 0.2) is 58.1 Å². The van der Waals surface area contributed by atoms with Gasteiger partial charge in [-0.2, -0.15) is 0 Å². The Balaban J connectivity index is 1.51. The summed E-state index contributed by atoms with van der Waals surface area (Å²) in [6.45, 7) is 2.79. The normalized spacial score (nSPS) is 11.0. The quantitative estimate of drug-likeness (QED) is 0.385. The van der Waals surface area contributed by atoms with Crippen molar-refractivity contribution in [1.82, 2.24) is 25.0 Å². The van der Waals surface area contributed by atoms with E-state index in [9.17, 15) is 0 Å². The van der Waals surface area contributed by atoms with Gasteiger partial charge in [0.1, 0.15) is 5.75 Å². The summed E-state index contributed by atoms with van der Waals surface area (Å²) >= 11 is 7.48. The Morgan fingerprint density at radius 2 is 1.83 bits per heavy atom. The lowest BCUT2D eigenvalue weighted by atomic mass is 10.2. The zero-order valence-corrected chi connectivity index (χ0v) is 17.4. The van der Waals surface area contributed by atoms with E-state index in [2.05, 4.69) is 27.3 Å². The Bertz CT molecular complexity index is 1110. The number of thioether (sulfide) groups is 1. The van der Waals surface area contributed by atoms with Crippen LogP contribution in [0.3, 0.4) is 0 Å². The van der Waals surface area contributed by atoms with Crippen LogP contribution >= 0.6 is 23.4 Å². The average molecular weight is 428 g/mol. The highest BCUT2D eigenvalue weighted by Gasteiger charge is 2.16. The van der Waals surface area contributed by atoms with Crippen LogP contribution in [0, 0.1) is 0 Å².